The highest BCUT2D eigenvalue weighted by Crippen LogP contribution is 2.22. The maximum atomic E-state index is 13.2. The number of ether oxygens (including phenoxy) is 1. The first-order valence-corrected chi connectivity index (χ1v) is 8.30. The van der Waals surface area contributed by atoms with E-state index in [0.29, 0.717) is 18.7 Å². The van der Waals surface area contributed by atoms with Crippen LogP contribution in [0.25, 0.3) is 10.9 Å². The van der Waals surface area contributed by atoms with Crippen molar-refractivity contribution in [1.29, 1.82) is 0 Å². The Morgan fingerprint density at radius 1 is 1.25 bits per heavy atom. The van der Waals surface area contributed by atoms with Crippen LogP contribution in [0.2, 0.25) is 0 Å². The molecular weight excluding hydrogens is 304 g/mol. The van der Waals surface area contributed by atoms with Crippen LogP contribution in [0, 0.1) is 0 Å². The zero-order chi connectivity index (χ0) is 16.4. The summed E-state index contributed by atoms with van der Waals surface area (Å²) in [6.07, 6.45) is 5.65. The molecule has 124 valence electrons. The van der Waals surface area contributed by atoms with Gasteiger partial charge in [0.05, 0.1) is 30.0 Å². The molecule has 4 rings (SSSR count). The predicted octanol–water partition coefficient (Wildman–Crippen LogP) is 3.58. The van der Waals surface area contributed by atoms with Crippen molar-refractivity contribution < 1.29 is 13.9 Å². The quantitative estimate of drug-likeness (QED) is 0.780. The van der Waals surface area contributed by atoms with Crippen LogP contribution in [0.15, 0.2) is 53.3 Å². The Morgan fingerprint density at radius 2 is 2.21 bits per heavy atom. The van der Waals surface area contributed by atoms with Crippen molar-refractivity contribution in [2.24, 2.45) is 0 Å². The van der Waals surface area contributed by atoms with Crippen molar-refractivity contribution in [2.75, 3.05) is 13.2 Å². The molecule has 1 saturated heterocycles. The van der Waals surface area contributed by atoms with E-state index >= 15 is 0 Å². The fourth-order valence-electron chi connectivity index (χ4n) is 3.28. The molecule has 1 aliphatic heterocycles. The second-order valence-corrected chi connectivity index (χ2v) is 6.15. The van der Waals surface area contributed by atoms with E-state index in [2.05, 4.69) is 4.98 Å². The van der Waals surface area contributed by atoms with Crippen LogP contribution >= 0.6 is 0 Å². The van der Waals surface area contributed by atoms with Crippen molar-refractivity contribution in [3.8, 4) is 0 Å². The maximum absolute atomic E-state index is 13.2. The lowest BCUT2D eigenvalue weighted by molar-refractivity contribution is 0.0493. The lowest BCUT2D eigenvalue weighted by Crippen LogP contribution is -2.37. The van der Waals surface area contributed by atoms with Gasteiger partial charge in [-0.15, -0.1) is 0 Å². The number of para-hydroxylation sites is 1. The molecule has 5 heteroatoms. The molecule has 1 aliphatic rings. The lowest BCUT2D eigenvalue weighted by Gasteiger charge is -2.25. The molecule has 0 spiro atoms. The largest absolute Gasteiger partial charge is 0.467 e. The summed E-state index contributed by atoms with van der Waals surface area (Å²) in [5, 5.41) is 1.04. The third kappa shape index (κ3) is 2.95. The number of carbonyl (C=O) groups is 1. The highest BCUT2D eigenvalue weighted by Gasteiger charge is 2.25. The van der Waals surface area contributed by atoms with Crippen molar-refractivity contribution in [1.82, 2.24) is 9.88 Å². The third-order valence-corrected chi connectivity index (χ3v) is 4.48. The summed E-state index contributed by atoms with van der Waals surface area (Å²) in [5.41, 5.74) is 1.56. The Morgan fingerprint density at radius 3 is 3.00 bits per heavy atom. The van der Waals surface area contributed by atoms with Gasteiger partial charge in [-0.25, -0.2) is 0 Å². The number of furan rings is 1. The van der Waals surface area contributed by atoms with E-state index in [0.717, 1.165) is 36.1 Å². The smallest absolute Gasteiger partial charge is 0.256 e. The predicted molar refractivity (Wildman–Crippen MR) is 90.7 cm³/mol. The molecule has 5 nitrogen and oxygen atoms in total. The molecule has 1 atom stereocenters. The van der Waals surface area contributed by atoms with E-state index < -0.39 is 0 Å². The van der Waals surface area contributed by atoms with Gasteiger partial charge in [0, 0.05) is 24.7 Å². The van der Waals surface area contributed by atoms with E-state index in [1.165, 1.54) is 0 Å². The molecule has 1 fully saturated rings. The molecule has 0 saturated carbocycles. The minimum absolute atomic E-state index is 0.00468. The number of carbonyl (C=O) groups excluding carboxylic acids is 1. The van der Waals surface area contributed by atoms with Gasteiger partial charge >= 0.3 is 0 Å². The zero-order valence-corrected chi connectivity index (χ0v) is 13.4. The van der Waals surface area contributed by atoms with Gasteiger partial charge in [0.15, 0.2) is 0 Å². The topological polar surface area (TPSA) is 58.5 Å². The van der Waals surface area contributed by atoms with Crippen LogP contribution in [0.3, 0.4) is 0 Å². The number of aromatic nitrogens is 1. The van der Waals surface area contributed by atoms with E-state index in [-0.39, 0.29) is 12.0 Å². The van der Waals surface area contributed by atoms with Gasteiger partial charge in [0.1, 0.15) is 5.76 Å². The molecule has 1 amide bonds. The number of amides is 1. The highest BCUT2D eigenvalue weighted by molar-refractivity contribution is 6.05. The summed E-state index contributed by atoms with van der Waals surface area (Å²) in [5.74, 6) is 0.773. The van der Waals surface area contributed by atoms with Crippen molar-refractivity contribution in [2.45, 2.75) is 25.5 Å². The molecule has 1 N–H and O–H groups in total. The van der Waals surface area contributed by atoms with E-state index in [1.54, 1.807) is 6.26 Å². The molecule has 24 heavy (non-hydrogen) atoms. The van der Waals surface area contributed by atoms with Gasteiger partial charge < -0.3 is 19.0 Å². The van der Waals surface area contributed by atoms with Crippen LogP contribution in [-0.4, -0.2) is 35.0 Å². The third-order valence-electron chi connectivity index (χ3n) is 4.48. The lowest BCUT2D eigenvalue weighted by atomic mass is 10.1. The van der Waals surface area contributed by atoms with Gasteiger partial charge in [-0.2, -0.15) is 0 Å². The molecule has 0 radical (unpaired) electrons. The summed E-state index contributed by atoms with van der Waals surface area (Å²) < 4.78 is 11.2. The Kier molecular flexibility index (Phi) is 4.09. The van der Waals surface area contributed by atoms with E-state index in [9.17, 15) is 4.79 Å². The van der Waals surface area contributed by atoms with E-state index in [4.69, 9.17) is 9.15 Å². The second-order valence-electron chi connectivity index (χ2n) is 6.15. The zero-order valence-electron chi connectivity index (χ0n) is 13.4. The number of aromatic amines is 1. The molecule has 3 heterocycles. The Bertz CT molecular complexity index is 816. The summed E-state index contributed by atoms with van der Waals surface area (Å²) in [4.78, 5) is 18.2. The van der Waals surface area contributed by atoms with Crippen LogP contribution in [-0.2, 0) is 11.3 Å². The van der Waals surface area contributed by atoms with Crippen LogP contribution in [0.1, 0.15) is 29.0 Å². The fourth-order valence-corrected chi connectivity index (χ4v) is 3.28. The monoisotopic (exact) mass is 324 g/mol. The van der Waals surface area contributed by atoms with Gasteiger partial charge in [0.2, 0.25) is 0 Å². The molecule has 3 aromatic rings. The van der Waals surface area contributed by atoms with Gasteiger partial charge in [-0.3, -0.25) is 4.79 Å². The van der Waals surface area contributed by atoms with Crippen molar-refractivity contribution in [3.63, 3.8) is 0 Å². The van der Waals surface area contributed by atoms with Crippen LogP contribution < -0.4 is 0 Å². The first-order chi connectivity index (χ1) is 11.8. The highest BCUT2D eigenvalue weighted by atomic mass is 16.5. The summed E-state index contributed by atoms with van der Waals surface area (Å²) in [6, 6.07) is 11.5. The molecule has 0 aliphatic carbocycles. The van der Waals surface area contributed by atoms with Crippen LogP contribution in [0.4, 0.5) is 0 Å². The number of nitrogens with one attached hydrogen (secondary N) is 1. The molecular formula is C19H20N2O3. The number of hydrogen-bond acceptors (Lipinski definition) is 3. The Labute approximate surface area is 140 Å². The molecule has 2 aromatic heterocycles. The average Bonchev–Trinajstić information content (AvgIpc) is 3.35. The maximum Gasteiger partial charge on any atom is 0.256 e. The van der Waals surface area contributed by atoms with Crippen molar-refractivity contribution >= 4 is 16.8 Å². The Hall–Kier alpha value is -2.53. The summed E-state index contributed by atoms with van der Waals surface area (Å²) in [7, 11) is 0. The number of H-pyrrole nitrogens is 1. The molecule has 1 aromatic carbocycles. The first kappa shape index (κ1) is 15.0. The number of hydrogen-bond donors (Lipinski definition) is 1. The van der Waals surface area contributed by atoms with Gasteiger partial charge in [0.25, 0.3) is 5.91 Å². The number of benzene rings is 1. The van der Waals surface area contributed by atoms with Gasteiger partial charge in [-0.1, -0.05) is 12.1 Å². The number of rotatable bonds is 5. The average molecular weight is 324 g/mol. The normalized spacial score (nSPS) is 17.4. The first-order valence-electron chi connectivity index (χ1n) is 8.30. The molecule has 0 bridgehead atoms. The minimum atomic E-state index is -0.00468. The van der Waals surface area contributed by atoms with Crippen molar-refractivity contribution in [3.05, 3.63) is 60.2 Å². The molecule has 0 unspecified atom stereocenters. The van der Waals surface area contributed by atoms with Crippen LogP contribution in [0.5, 0.6) is 0 Å². The standard InChI is InChI=1S/C19H20N2O3/c22-19(17-7-1-4-14-8-9-20-18(14)17)21(12-15-5-2-10-23-15)13-16-6-3-11-24-16/h1-2,4-5,7-10,16,20H,3,6,11-13H2/t16-/m0/s1. The Balaban J connectivity index is 1.63. The second kappa shape index (κ2) is 6.53. The van der Waals surface area contributed by atoms with E-state index in [1.807, 2.05) is 47.5 Å². The number of nitrogens with zero attached hydrogens (tertiary/aromatic N) is 1. The number of fused-ring (bicyclic) bond motifs is 1. The van der Waals surface area contributed by atoms with Gasteiger partial charge in [-0.05, 0) is 37.1 Å². The summed E-state index contributed by atoms with van der Waals surface area (Å²) in [6.45, 7) is 1.80. The SMILES string of the molecule is O=C(c1cccc2cc[nH]c12)N(Cc1ccco1)C[C@@H]1CCCO1. The fraction of sp³-hybridized carbons (Fsp3) is 0.316. The minimum Gasteiger partial charge on any atom is -0.467 e. The summed E-state index contributed by atoms with van der Waals surface area (Å²) >= 11 is 0.